The molecule has 0 spiro atoms. The van der Waals surface area contributed by atoms with Crippen molar-refractivity contribution >= 4 is 0 Å². The van der Waals surface area contributed by atoms with Crippen molar-refractivity contribution in [3.05, 3.63) is 0 Å². The monoisotopic (exact) mass is 170 g/mol. The highest BCUT2D eigenvalue weighted by Crippen LogP contribution is 2.17. The lowest BCUT2D eigenvalue weighted by Crippen LogP contribution is -1.97. The molecule has 12 heavy (non-hydrogen) atoms. The van der Waals surface area contributed by atoms with Crippen molar-refractivity contribution in [3.8, 4) is 0 Å². The van der Waals surface area contributed by atoms with Crippen molar-refractivity contribution < 1.29 is 0 Å². The fourth-order valence-electron chi connectivity index (χ4n) is 1.66. The largest absolute Gasteiger partial charge is 0.0654 e. The molecule has 0 aromatic rings. The predicted molar refractivity (Wildman–Crippen MR) is 57.4 cm³/mol. The van der Waals surface area contributed by atoms with Crippen LogP contribution in [0.1, 0.15) is 66.2 Å². The zero-order valence-corrected chi connectivity index (χ0v) is 9.40. The van der Waals surface area contributed by atoms with E-state index in [1.165, 1.54) is 38.5 Å². The molecule has 0 aliphatic carbocycles. The van der Waals surface area contributed by atoms with E-state index < -0.39 is 0 Å². The summed E-state index contributed by atoms with van der Waals surface area (Å²) in [5.74, 6) is 1.90. The Kier molecular flexibility index (Phi) is 7.64. The van der Waals surface area contributed by atoms with E-state index in [0.29, 0.717) is 0 Å². The maximum Gasteiger partial charge on any atom is -0.0443 e. The lowest BCUT2D eigenvalue weighted by atomic mass is 9.95. The maximum atomic E-state index is 2.39. The van der Waals surface area contributed by atoms with Crippen molar-refractivity contribution in [1.29, 1.82) is 0 Å². The van der Waals surface area contributed by atoms with E-state index in [1.807, 2.05) is 0 Å². The van der Waals surface area contributed by atoms with Gasteiger partial charge < -0.3 is 0 Å². The van der Waals surface area contributed by atoms with E-state index in [9.17, 15) is 0 Å². The van der Waals surface area contributed by atoms with Crippen LogP contribution in [-0.4, -0.2) is 0 Å². The summed E-state index contributed by atoms with van der Waals surface area (Å²) in [5.41, 5.74) is 0. The summed E-state index contributed by atoms with van der Waals surface area (Å²) in [6.07, 6.45) is 8.44. The van der Waals surface area contributed by atoms with Crippen molar-refractivity contribution in [2.24, 2.45) is 11.8 Å². The molecule has 0 rings (SSSR count). The lowest BCUT2D eigenvalue weighted by molar-refractivity contribution is 0.416. The highest BCUT2D eigenvalue weighted by molar-refractivity contribution is 4.55. The van der Waals surface area contributed by atoms with Gasteiger partial charge >= 0.3 is 0 Å². The summed E-state index contributed by atoms with van der Waals surface area (Å²) in [5, 5.41) is 0. The van der Waals surface area contributed by atoms with E-state index in [1.54, 1.807) is 0 Å². The number of hydrogen-bond donors (Lipinski definition) is 0. The Morgan fingerprint density at radius 1 is 0.833 bits per heavy atom. The zero-order valence-electron chi connectivity index (χ0n) is 9.40. The number of hydrogen-bond acceptors (Lipinski definition) is 0. The molecule has 0 saturated heterocycles. The Bertz CT molecular complexity index is 86.0. The van der Waals surface area contributed by atoms with Crippen LogP contribution in [0.25, 0.3) is 0 Å². The van der Waals surface area contributed by atoms with Gasteiger partial charge in [-0.1, -0.05) is 66.2 Å². The average Bonchev–Trinajstić information content (AvgIpc) is 2.04. The van der Waals surface area contributed by atoms with E-state index in [4.69, 9.17) is 0 Å². The molecule has 0 amide bonds. The second-order valence-electron chi connectivity index (χ2n) is 4.34. The molecule has 0 aliphatic heterocycles. The lowest BCUT2D eigenvalue weighted by Gasteiger charge is -2.11. The molecular formula is C12H26. The summed E-state index contributed by atoms with van der Waals surface area (Å²) < 4.78 is 0. The van der Waals surface area contributed by atoms with Crippen LogP contribution in [-0.2, 0) is 0 Å². The van der Waals surface area contributed by atoms with Gasteiger partial charge in [0.15, 0.2) is 0 Å². The molecule has 0 bridgehead atoms. The second-order valence-corrected chi connectivity index (χ2v) is 4.34. The van der Waals surface area contributed by atoms with Gasteiger partial charge in [0, 0.05) is 0 Å². The van der Waals surface area contributed by atoms with Crippen LogP contribution in [0.5, 0.6) is 0 Å². The third-order valence-electron chi connectivity index (χ3n) is 2.87. The standard InChI is InChI=1S/C12H26/c1-5-8-12(4)10-7-9-11(3)6-2/h11-12H,5-10H2,1-4H3/t11-,12-/m1/s1. The van der Waals surface area contributed by atoms with Crippen molar-refractivity contribution in [2.75, 3.05) is 0 Å². The van der Waals surface area contributed by atoms with Crippen LogP contribution in [0, 0.1) is 11.8 Å². The summed E-state index contributed by atoms with van der Waals surface area (Å²) in [6, 6.07) is 0. The van der Waals surface area contributed by atoms with Crippen LogP contribution in [0.4, 0.5) is 0 Å². The first kappa shape index (κ1) is 12.0. The van der Waals surface area contributed by atoms with E-state index in [2.05, 4.69) is 27.7 Å². The fourth-order valence-corrected chi connectivity index (χ4v) is 1.66. The predicted octanol–water partition coefficient (Wildman–Crippen LogP) is 4.64. The minimum atomic E-state index is 0.943. The van der Waals surface area contributed by atoms with Crippen molar-refractivity contribution in [3.63, 3.8) is 0 Å². The van der Waals surface area contributed by atoms with E-state index in [0.717, 1.165) is 11.8 Å². The van der Waals surface area contributed by atoms with Gasteiger partial charge in [-0.3, -0.25) is 0 Å². The molecule has 0 saturated carbocycles. The Hall–Kier alpha value is 0. The van der Waals surface area contributed by atoms with Gasteiger partial charge in [-0.2, -0.15) is 0 Å². The van der Waals surface area contributed by atoms with Crippen LogP contribution in [0.15, 0.2) is 0 Å². The summed E-state index contributed by atoms with van der Waals surface area (Å²) in [7, 11) is 0. The van der Waals surface area contributed by atoms with Gasteiger partial charge in [0.2, 0.25) is 0 Å². The zero-order chi connectivity index (χ0) is 9.40. The van der Waals surface area contributed by atoms with Crippen LogP contribution in [0.2, 0.25) is 0 Å². The van der Waals surface area contributed by atoms with Crippen molar-refractivity contribution in [2.45, 2.75) is 66.2 Å². The van der Waals surface area contributed by atoms with Crippen LogP contribution >= 0.6 is 0 Å². The van der Waals surface area contributed by atoms with Crippen LogP contribution in [0.3, 0.4) is 0 Å². The molecule has 0 N–H and O–H groups in total. The highest BCUT2D eigenvalue weighted by atomic mass is 14.1. The Morgan fingerprint density at radius 3 is 1.92 bits per heavy atom. The molecular weight excluding hydrogens is 144 g/mol. The smallest absolute Gasteiger partial charge is 0.0443 e. The average molecular weight is 170 g/mol. The summed E-state index contributed by atoms with van der Waals surface area (Å²) in [4.78, 5) is 0. The Balaban J connectivity index is 3.18. The highest BCUT2D eigenvalue weighted by Gasteiger charge is 2.02. The van der Waals surface area contributed by atoms with Gasteiger partial charge in [0.1, 0.15) is 0 Å². The molecule has 0 radical (unpaired) electrons. The minimum Gasteiger partial charge on any atom is -0.0654 e. The van der Waals surface area contributed by atoms with E-state index >= 15 is 0 Å². The fraction of sp³-hybridized carbons (Fsp3) is 1.00. The third kappa shape index (κ3) is 6.69. The summed E-state index contributed by atoms with van der Waals surface area (Å²) in [6.45, 7) is 9.33. The van der Waals surface area contributed by atoms with Gasteiger partial charge in [-0.05, 0) is 11.8 Å². The van der Waals surface area contributed by atoms with Crippen LogP contribution < -0.4 is 0 Å². The van der Waals surface area contributed by atoms with Gasteiger partial charge in [-0.25, -0.2) is 0 Å². The molecule has 0 fully saturated rings. The topological polar surface area (TPSA) is 0 Å². The van der Waals surface area contributed by atoms with Crippen molar-refractivity contribution in [1.82, 2.24) is 0 Å². The number of rotatable bonds is 7. The van der Waals surface area contributed by atoms with Gasteiger partial charge in [-0.15, -0.1) is 0 Å². The molecule has 0 heterocycles. The third-order valence-corrected chi connectivity index (χ3v) is 2.87. The molecule has 2 atom stereocenters. The molecule has 0 unspecified atom stereocenters. The Morgan fingerprint density at radius 2 is 1.42 bits per heavy atom. The first-order valence-electron chi connectivity index (χ1n) is 5.70. The SMILES string of the molecule is CCC[C@@H](C)CCC[C@H](C)CC. The Labute approximate surface area is 78.8 Å². The molecule has 0 nitrogen and oxygen atoms in total. The summed E-state index contributed by atoms with van der Waals surface area (Å²) >= 11 is 0. The first-order chi connectivity index (χ1) is 5.70. The molecule has 0 aliphatic rings. The first-order valence-corrected chi connectivity index (χ1v) is 5.70. The molecule has 0 heteroatoms. The minimum absolute atomic E-state index is 0.943. The maximum absolute atomic E-state index is 2.39. The quantitative estimate of drug-likeness (QED) is 0.522. The van der Waals surface area contributed by atoms with Gasteiger partial charge in [0.25, 0.3) is 0 Å². The molecule has 0 aromatic heterocycles. The second kappa shape index (κ2) is 7.64. The molecule has 74 valence electrons. The normalized spacial score (nSPS) is 16.0. The molecule has 0 aromatic carbocycles. The van der Waals surface area contributed by atoms with Gasteiger partial charge in [0.05, 0.1) is 0 Å². The van der Waals surface area contributed by atoms with E-state index in [-0.39, 0.29) is 0 Å².